The Kier molecular flexibility index (Phi) is 4.13. The molecule has 1 amide bonds. The normalized spacial score (nSPS) is 10.2. The zero-order valence-corrected chi connectivity index (χ0v) is 8.58. The Morgan fingerprint density at radius 2 is 1.93 bits per heavy atom. The Balaban J connectivity index is 2.36. The van der Waals surface area contributed by atoms with Crippen LogP contribution in [0.4, 0.5) is 0 Å². The first-order chi connectivity index (χ1) is 6.70. The lowest BCUT2D eigenvalue weighted by Crippen LogP contribution is -2.37. The molecular formula is C11H16N2O. The quantitative estimate of drug-likeness (QED) is 0.707. The highest BCUT2D eigenvalue weighted by atomic mass is 16.1. The van der Waals surface area contributed by atoms with E-state index in [2.05, 4.69) is 10.6 Å². The first kappa shape index (κ1) is 10.7. The molecule has 0 atom stereocenters. The molecule has 0 heterocycles. The molecule has 0 aliphatic heterocycles. The summed E-state index contributed by atoms with van der Waals surface area (Å²) < 4.78 is 0. The number of amides is 1. The predicted octanol–water partition coefficient (Wildman–Crippen LogP) is 1.37. The molecule has 0 saturated carbocycles. The van der Waals surface area contributed by atoms with Crippen LogP contribution in [0, 0.1) is 0 Å². The second kappa shape index (κ2) is 5.40. The molecule has 1 aromatic carbocycles. The molecule has 0 saturated heterocycles. The van der Waals surface area contributed by atoms with Crippen LogP contribution in [0.5, 0.6) is 0 Å². The van der Waals surface area contributed by atoms with Gasteiger partial charge in [0, 0.05) is 11.6 Å². The average molecular weight is 192 g/mol. The molecular weight excluding hydrogens is 176 g/mol. The lowest BCUT2D eigenvalue weighted by Gasteiger charge is -2.09. The Morgan fingerprint density at radius 3 is 2.50 bits per heavy atom. The largest absolute Gasteiger partial charge is 0.339 e. The summed E-state index contributed by atoms with van der Waals surface area (Å²) in [6.07, 6.45) is 0. The molecule has 2 N–H and O–H groups in total. The summed E-state index contributed by atoms with van der Waals surface area (Å²) in [4.78, 5) is 11.5. The number of rotatable bonds is 4. The van der Waals surface area contributed by atoms with Gasteiger partial charge in [0.15, 0.2) is 0 Å². The van der Waals surface area contributed by atoms with Crippen LogP contribution in [-0.4, -0.2) is 18.6 Å². The van der Waals surface area contributed by atoms with Crippen LogP contribution in [0.2, 0.25) is 0 Å². The molecule has 1 aromatic rings. The molecule has 0 radical (unpaired) electrons. The molecule has 0 fully saturated rings. The summed E-state index contributed by atoms with van der Waals surface area (Å²) >= 11 is 0. The van der Waals surface area contributed by atoms with E-state index in [-0.39, 0.29) is 5.91 Å². The van der Waals surface area contributed by atoms with Crippen molar-refractivity contribution in [3.63, 3.8) is 0 Å². The molecule has 1 rings (SSSR count). The molecule has 0 aromatic heterocycles. The fourth-order valence-electron chi connectivity index (χ4n) is 1.03. The van der Waals surface area contributed by atoms with E-state index in [1.807, 2.05) is 32.0 Å². The third kappa shape index (κ3) is 3.58. The lowest BCUT2D eigenvalue weighted by molar-refractivity contribution is 0.0949. The Hall–Kier alpha value is -1.35. The van der Waals surface area contributed by atoms with E-state index in [9.17, 15) is 4.79 Å². The summed E-state index contributed by atoms with van der Waals surface area (Å²) in [6, 6.07) is 9.57. The van der Waals surface area contributed by atoms with Gasteiger partial charge in [0.2, 0.25) is 0 Å². The van der Waals surface area contributed by atoms with Crippen molar-refractivity contribution in [2.45, 2.75) is 19.9 Å². The summed E-state index contributed by atoms with van der Waals surface area (Å²) in [7, 11) is 0. The van der Waals surface area contributed by atoms with Gasteiger partial charge in [-0.2, -0.15) is 0 Å². The van der Waals surface area contributed by atoms with Crippen LogP contribution in [-0.2, 0) is 0 Å². The summed E-state index contributed by atoms with van der Waals surface area (Å²) in [6.45, 7) is 4.58. The number of benzene rings is 1. The van der Waals surface area contributed by atoms with Crippen molar-refractivity contribution in [3.05, 3.63) is 35.9 Å². The van der Waals surface area contributed by atoms with Crippen molar-refractivity contribution in [1.29, 1.82) is 0 Å². The third-order valence-electron chi connectivity index (χ3n) is 1.80. The van der Waals surface area contributed by atoms with Gasteiger partial charge in [0.05, 0.1) is 6.67 Å². The van der Waals surface area contributed by atoms with E-state index in [1.165, 1.54) is 0 Å². The number of carbonyl (C=O) groups is 1. The summed E-state index contributed by atoms with van der Waals surface area (Å²) in [5, 5.41) is 5.89. The molecule has 0 unspecified atom stereocenters. The molecule has 76 valence electrons. The van der Waals surface area contributed by atoms with Crippen molar-refractivity contribution in [3.8, 4) is 0 Å². The number of hydrogen-bond donors (Lipinski definition) is 2. The van der Waals surface area contributed by atoms with E-state index in [0.29, 0.717) is 18.3 Å². The van der Waals surface area contributed by atoms with Gasteiger partial charge in [-0.3, -0.25) is 10.1 Å². The standard InChI is InChI=1S/C11H16N2O/c1-9(2)12-8-13-11(14)10-6-4-3-5-7-10/h3-7,9,12H,8H2,1-2H3,(H,13,14). The van der Waals surface area contributed by atoms with Crippen LogP contribution < -0.4 is 10.6 Å². The van der Waals surface area contributed by atoms with Gasteiger partial charge in [-0.05, 0) is 26.0 Å². The Bertz CT molecular complexity index is 283. The minimum Gasteiger partial charge on any atom is -0.339 e. The van der Waals surface area contributed by atoms with Gasteiger partial charge in [0.25, 0.3) is 5.91 Å². The minimum absolute atomic E-state index is 0.0428. The average Bonchev–Trinajstić information content (AvgIpc) is 2.18. The topological polar surface area (TPSA) is 41.1 Å². The van der Waals surface area contributed by atoms with Gasteiger partial charge in [0.1, 0.15) is 0 Å². The molecule has 0 aliphatic carbocycles. The molecule has 3 heteroatoms. The van der Waals surface area contributed by atoms with Gasteiger partial charge >= 0.3 is 0 Å². The monoisotopic (exact) mass is 192 g/mol. The number of carbonyl (C=O) groups excluding carboxylic acids is 1. The van der Waals surface area contributed by atoms with Crippen LogP contribution in [0.25, 0.3) is 0 Å². The van der Waals surface area contributed by atoms with Crippen LogP contribution >= 0.6 is 0 Å². The number of hydrogen-bond acceptors (Lipinski definition) is 2. The first-order valence-electron chi connectivity index (χ1n) is 4.77. The second-order valence-corrected chi connectivity index (χ2v) is 3.41. The smallest absolute Gasteiger partial charge is 0.252 e. The van der Waals surface area contributed by atoms with E-state index >= 15 is 0 Å². The highest BCUT2D eigenvalue weighted by Gasteiger charge is 2.02. The third-order valence-corrected chi connectivity index (χ3v) is 1.80. The highest BCUT2D eigenvalue weighted by molar-refractivity contribution is 5.94. The van der Waals surface area contributed by atoms with Crippen molar-refractivity contribution in [1.82, 2.24) is 10.6 Å². The zero-order valence-electron chi connectivity index (χ0n) is 8.58. The van der Waals surface area contributed by atoms with Crippen LogP contribution in [0.3, 0.4) is 0 Å². The summed E-state index contributed by atoms with van der Waals surface area (Å²) in [5.41, 5.74) is 0.693. The lowest BCUT2D eigenvalue weighted by atomic mass is 10.2. The maximum absolute atomic E-state index is 11.5. The van der Waals surface area contributed by atoms with Gasteiger partial charge in [-0.15, -0.1) is 0 Å². The maximum Gasteiger partial charge on any atom is 0.252 e. The van der Waals surface area contributed by atoms with E-state index in [1.54, 1.807) is 12.1 Å². The predicted molar refractivity (Wildman–Crippen MR) is 57.0 cm³/mol. The minimum atomic E-state index is -0.0428. The van der Waals surface area contributed by atoms with Crippen molar-refractivity contribution < 1.29 is 4.79 Å². The van der Waals surface area contributed by atoms with E-state index in [0.717, 1.165) is 0 Å². The highest BCUT2D eigenvalue weighted by Crippen LogP contribution is 1.96. The fourth-order valence-corrected chi connectivity index (χ4v) is 1.03. The van der Waals surface area contributed by atoms with Gasteiger partial charge in [-0.1, -0.05) is 18.2 Å². The van der Waals surface area contributed by atoms with Crippen LogP contribution in [0.1, 0.15) is 24.2 Å². The molecule has 0 spiro atoms. The maximum atomic E-state index is 11.5. The Morgan fingerprint density at radius 1 is 1.29 bits per heavy atom. The number of nitrogens with one attached hydrogen (secondary N) is 2. The molecule has 0 aliphatic rings. The zero-order chi connectivity index (χ0) is 10.4. The van der Waals surface area contributed by atoms with E-state index < -0.39 is 0 Å². The first-order valence-corrected chi connectivity index (χ1v) is 4.77. The van der Waals surface area contributed by atoms with Crippen molar-refractivity contribution in [2.75, 3.05) is 6.67 Å². The molecule has 14 heavy (non-hydrogen) atoms. The van der Waals surface area contributed by atoms with Crippen molar-refractivity contribution in [2.24, 2.45) is 0 Å². The Labute approximate surface area is 84.5 Å². The fraction of sp³-hybridized carbons (Fsp3) is 0.364. The SMILES string of the molecule is CC(C)NCNC(=O)c1ccccc1. The second-order valence-electron chi connectivity index (χ2n) is 3.41. The van der Waals surface area contributed by atoms with Gasteiger partial charge in [-0.25, -0.2) is 0 Å². The van der Waals surface area contributed by atoms with Gasteiger partial charge < -0.3 is 5.32 Å². The molecule has 3 nitrogen and oxygen atoms in total. The molecule has 0 bridgehead atoms. The van der Waals surface area contributed by atoms with E-state index in [4.69, 9.17) is 0 Å². The van der Waals surface area contributed by atoms with Crippen LogP contribution in [0.15, 0.2) is 30.3 Å². The van der Waals surface area contributed by atoms with Crippen molar-refractivity contribution >= 4 is 5.91 Å². The summed E-state index contributed by atoms with van der Waals surface area (Å²) in [5.74, 6) is -0.0428.